The van der Waals surface area contributed by atoms with E-state index in [0.717, 1.165) is 24.2 Å². The molecule has 0 saturated heterocycles. The van der Waals surface area contributed by atoms with Gasteiger partial charge in [0.2, 0.25) is 0 Å². The highest BCUT2D eigenvalue weighted by Gasteiger charge is 2.39. The van der Waals surface area contributed by atoms with Crippen molar-refractivity contribution in [2.24, 2.45) is 0 Å². The van der Waals surface area contributed by atoms with Gasteiger partial charge in [-0.25, -0.2) is 9.78 Å². The predicted octanol–water partition coefficient (Wildman–Crippen LogP) is 6.58. The zero-order valence-electron chi connectivity index (χ0n) is 20.9. The summed E-state index contributed by atoms with van der Waals surface area (Å²) in [6.45, 7) is 0.291. The number of thiazole rings is 1. The number of aliphatic hydroxyl groups is 1. The largest absolute Gasteiger partial charge is 0.494 e. The Kier molecular flexibility index (Phi) is 7.01. The van der Waals surface area contributed by atoms with Gasteiger partial charge < -0.3 is 24.2 Å². The average Bonchev–Trinajstić information content (AvgIpc) is 3.52. The van der Waals surface area contributed by atoms with Crippen molar-refractivity contribution in [3.63, 3.8) is 0 Å². The number of nitrogens with zero attached hydrogens (tertiary/aromatic N) is 3. The first-order chi connectivity index (χ1) is 18.8. The average molecular weight is 590 g/mol. The Morgan fingerprint density at radius 3 is 2.54 bits per heavy atom. The molecule has 2 fully saturated rings. The molecule has 6 rings (SSSR count). The Morgan fingerprint density at radius 1 is 1.18 bits per heavy atom. The summed E-state index contributed by atoms with van der Waals surface area (Å²) in [4.78, 5) is 20.2. The number of carboxylic acid groups (broad SMARTS) is 1. The van der Waals surface area contributed by atoms with Crippen molar-refractivity contribution < 1.29 is 29.0 Å². The molecule has 0 bridgehead atoms. The number of aromatic carboxylic acids is 1. The number of hydrogen-bond donors (Lipinski definition) is 2. The maximum atomic E-state index is 11.5. The van der Waals surface area contributed by atoms with Gasteiger partial charge in [0.05, 0.1) is 40.1 Å². The molecule has 0 amide bonds. The Labute approximate surface area is 237 Å². The zero-order valence-corrected chi connectivity index (χ0v) is 23.3. The van der Waals surface area contributed by atoms with E-state index in [1.54, 1.807) is 6.07 Å². The molecule has 3 heterocycles. The molecule has 0 spiro atoms. The number of benzene rings is 1. The van der Waals surface area contributed by atoms with Crippen molar-refractivity contribution in [1.82, 2.24) is 15.1 Å². The van der Waals surface area contributed by atoms with Gasteiger partial charge in [0.1, 0.15) is 33.3 Å². The summed E-state index contributed by atoms with van der Waals surface area (Å²) >= 11 is 14.1. The molecule has 0 aliphatic heterocycles. The van der Waals surface area contributed by atoms with Gasteiger partial charge in [-0.1, -0.05) is 28.4 Å². The van der Waals surface area contributed by atoms with E-state index in [2.05, 4.69) is 15.1 Å². The van der Waals surface area contributed by atoms with Crippen LogP contribution in [0.2, 0.25) is 10.0 Å². The monoisotopic (exact) mass is 589 g/mol. The van der Waals surface area contributed by atoms with Gasteiger partial charge in [0.15, 0.2) is 0 Å². The lowest BCUT2D eigenvalue weighted by atomic mass is 9.83. The number of hydrogen-bond acceptors (Lipinski definition) is 9. The number of fused-ring (bicyclic) bond motifs is 1. The first-order valence-electron chi connectivity index (χ1n) is 12.6. The number of methoxy groups -OCH3 is 1. The third-order valence-corrected chi connectivity index (χ3v) is 9.17. The van der Waals surface area contributed by atoms with Gasteiger partial charge in [-0.15, -0.1) is 11.3 Å². The number of ether oxygens (including phenoxy) is 2. The van der Waals surface area contributed by atoms with Crippen LogP contribution in [0.3, 0.4) is 0 Å². The van der Waals surface area contributed by atoms with Crippen molar-refractivity contribution in [2.75, 3.05) is 7.11 Å². The summed E-state index contributed by atoms with van der Waals surface area (Å²) in [5.74, 6) is 0.456. The summed E-state index contributed by atoms with van der Waals surface area (Å²) in [6.07, 6.45) is 7.22. The fourth-order valence-electron chi connectivity index (χ4n) is 5.09. The Morgan fingerprint density at radius 2 is 1.90 bits per heavy atom. The quantitative estimate of drug-likeness (QED) is 0.234. The fraction of sp³-hybridized carbons (Fsp3) is 0.407. The Bertz CT molecular complexity index is 1540. The second-order valence-corrected chi connectivity index (χ2v) is 11.9. The molecule has 2 aliphatic rings. The molecule has 12 heteroatoms. The van der Waals surface area contributed by atoms with Gasteiger partial charge in [-0.2, -0.15) is 0 Å². The highest BCUT2D eigenvalue weighted by molar-refractivity contribution is 7.18. The van der Waals surface area contributed by atoms with Crippen molar-refractivity contribution in [2.45, 2.75) is 62.8 Å². The molecule has 1 aromatic carbocycles. The number of carboxylic acids is 1. The summed E-state index contributed by atoms with van der Waals surface area (Å²) in [6, 6.07) is 3.01. The fourth-order valence-corrected chi connectivity index (χ4v) is 6.80. The molecule has 39 heavy (non-hydrogen) atoms. The first-order valence-corrected chi connectivity index (χ1v) is 14.2. The minimum atomic E-state index is -1.13. The summed E-state index contributed by atoms with van der Waals surface area (Å²) in [5.41, 5.74) is 1.55. The van der Waals surface area contributed by atoms with Crippen molar-refractivity contribution in [3.8, 4) is 17.0 Å². The van der Waals surface area contributed by atoms with Crippen LogP contribution in [-0.2, 0) is 16.9 Å². The number of pyridine rings is 1. The van der Waals surface area contributed by atoms with E-state index in [-0.39, 0.29) is 11.7 Å². The van der Waals surface area contributed by atoms with Crippen LogP contribution in [0.25, 0.3) is 21.5 Å². The number of rotatable bonds is 8. The van der Waals surface area contributed by atoms with Crippen LogP contribution in [0.5, 0.6) is 5.75 Å². The van der Waals surface area contributed by atoms with Gasteiger partial charge in [-0.05, 0) is 50.7 Å². The summed E-state index contributed by atoms with van der Waals surface area (Å²) < 4.78 is 18.1. The second kappa shape index (κ2) is 10.3. The van der Waals surface area contributed by atoms with E-state index in [1.807, 2.05) is 0 Å². The van der Waals surface area contributed by atoms with Gasteiger partial charge >= 0.3 is 5.97 Å². The molecule has 2 saturated carbocycles. The number of aromatic nitrogens is 3. The van der Waals surface area contributed by atoms with E-state index < -0.39 is 11.6 Å². The van der Waals surface area contributed by atoms with Crippen LogP contribution < -0.4 is 4.74 Å². The van der Waals surface area contributed by atoms with Gasteiger partial charge in [-0.3, -0.25) is 4.98 Å². The highest BCUT2D eigenvalue weighted by atomic mass is 35.5. The standard InChI is InChI=1S/C27H25Cl2N3O6S/c1-36-19-8-14(25(33)34)9-20-23(19)31-26(39-20)27(35)6-4-15(5-7-27)37-12-16-22(32-38-24(16)13-2-3-13)21-17(28)10-30-11-18(21)29/h8-11,13,15,35H,2-7,12H2,1H3,(H,33,34). The lowest BCUT2D eigenvalue weighted by Crippen LogP contribution is -2.34. The Balaban J connectivity index is 1.18. The van der Waals surface area contributed by atoms with Crippen LogP contribution in [0.4, 0.5) is 0 Å². The van der Waals surface area contributed by atoms with Crippen LogP contribution >= 0.6 is 34.5 Å². The van der Waals surface area contributed by atoms with E-state index in [4.69, 9.17) is 37.2 Å². The van der Waals surface area contributed by atoms with Gasteiger partial charge in [0, 0.05) is 29.4 Å². The Hall–Kier alpha value is -2.76. The van der Waals surface area contributed by atoms with Crippen molar-refractivity contribution in [3.05, 3.63) is 56.5 Å². The summed E-state index contributed by atoms with van der Waals surface area (Å²) in [7, 11) is 1.48. The second-order valence-electron chi connectivity index (χ2n) is 10.0. The SMILES string of the molecule is COc1cc(C(=O)O)cc2sc(C3(O)CCC(OCc4c(-c5c(Cl)cncc5Cl)noc4C4CC4)CC3)nc12. The first kappa shape index (κ1) is 26.5. The smallest absolute Gasteiger partial charge is 0.335 e. The third kappa shape index (κ3) is 5.00. The maximum absolute atomic E-state index is 11.5. The van der Waals surface area contributed by atoms with Crippen LogP contribution in [0.15, 0.2) is 29.0 Å². The molecule has 2 aliphatic carbocycles. The molecule has 4 aromatic rings. The molecule has 9 nitrogen and oxygen atoms in total. The van der Waals surface area contributed by atoms with E-state index in [1.165, 1.54) is 36.9 Å². The highest BCUT2D eigenvalue weighted by Crippen LogP contribution is 2.47. The third-order valence-electron chi connectivity index (χ3n) is 7.40. The van der Waals surface area contributed by atoms with Crippen LogP contribution in [-0.4, -0.2) is 44.5 Å². The number of halogens is 2. The minimum absolute atomic E-state index is 0.0778. The lowest BCUT2D eigenvalue weighted by Gasteiger charge is -2.34. The normalized spacial score (nSPS) is 21.4. The lowest BCUT2D eigenvalue weighted by molar-refractivity contribution is -0.0640. The van der Waals surface area contributed by atoms with Crippen LogP contribution in [0, 0.1) is 0 Å². The van der Waals surface area contributed by atoms with Crippen LogP contribution in [0.1, 0.15) is 71.1 Å². The van der Waals surface area contributed by atoms with Gasteiger partial charge in [0.25, 0.3) is 0 Å². The topological polar surface area (TPSA) is 128 Å². The molecule has 204 valence electrons. The van der Waals surface area contributed by atoms with E-state index in [9.17, 15) is 15.0 Å². The maximum Gasteiger partial charge on any atom is 0.335 e. The molecule has 3 aromatic heterocycles. The minimum Gasteiger partial charge on any atom is -0.494 e. The van der Waals surface area contributed by atoms with E-state index >= 15 is 0 Å². The molecule has 2 N–H and O–H groups in total. The molecular formula is C27H25Cl2N3O6S. The number of carbonyl (C=O) groups is 1. The van der Waals surface area contributed by atoms with E-state index in [0.29, 0.717) is 80.5 Å². The molecule has 0 unspecified atom stereocenters. The van der Waals surface area contributed by atoms with Crippen molar-refractivity contribution >= 4 is 50.7 Å². The van der Waals surface area contributed by atoms with Crippen molar-refractivity contribution in [1.29, 1.82) is 0 Å². The summed E-state index contributed by atoms with van der Waals surface area (Å²) in [5, 5.41) is 26.6. The predicted molar refractivity (Wildman–Crippen MR) is 146 cm³/mol. The zero-order chi connectivity index (χ0) is 27.3. The molecular weight excluding hydrogens is 565 g/mol. The molecule has 0 atom stereocenters. The molecule has 0 radical (unpaired) electrons.